The van der Waals surface area contributed by atoms with E-state index in [1.54, 1.807) is 35.6 Å². The summed E-state index contributed by atoms with van der Waals surface area (Å²) in [4.78, 5) is 29.0. The van der Waals surface area contributed by atoms with Crippen LogP contribution in [0.5, 0.6) is 0 Å². The van der Waals surface area contributed by atoms with E-state index < -0.39 is 36.4 Å². The molecular weight excluding hydrogens is 546 g/mol. The molecule has 0 spiro atoms. The molecule has 9 nitrogen and oxygen atoms in total. The van der Waals surface area contributed by atoms with Gasteiger partial charge in [0, 0.05) is 34.4 Å². The van der Waals surface area contributed by atoms with Crippen molar-refractivity contribution in [3.05, 3.63) is 52.2 Å². The first kappa shape index (κ1) is 34.3. The Morgan fingerprint density at radius 1 is 0.829 bits per heavy atom. The molecule has 0 aromatic carbocycles. The summed E-state index contributed by atoms with van der Waals surface area (Å²) in [6.07, 6.45) is 2.10. The van der Waals surface area contributed by atoms with Crippen molar-refractivity contribution in [1.82, 2.24) is 4.98 Å². The number of aromatic nitrogens is 1. The average Bonchev–Trinajstić information content (AvgIpc) is 3.44. The van der Waals surface area contributed by atoms with E-state index in [4.69, 9.17) is 4.98 Å². The molecule has 4 N–H and O–H groups in total. The second-order valence-corrected chi connectivity index (χ2v) is 11.5. The van der Waals surface area contributed by atoms with Gasteiger partial charge in [-0.15, -0.1) is 11.3 Å². The Kier molecular flexibility index (Phi) is 13.8. The van der Waals surface area contributed by atoms with Gasteiger partial charge in [0.25, 0.3) is 0 Å². The molecule has 0 radical (unpaired) electrons. The van der Waals surface area contributed by atoms with E-state index in [2.05, 4.69) is 9.47 Å². The SMILES string of the molecule is COC(=O)CC(O)CC(O)/C=C/c1c(C(C)C)nc(C(C)C)c(/C=C/C(O)CC(O)CC(=O)OC)c1-c1cccs1. The standard InChI is InChI=1S/C31H43NO8S/c1-18(2)30-24(11-9-20(33)14-22(35)16-27(37)39-5)29(26-8-7-13-41-26)25(31(32-30)19(3)4)12-10-21(34)15-23(36)17-28(38)40-6/h7-13,18-23,33-36H,14-17H2,1-6H3/b11-9+,12-10+. The number of rotatable bonds is 15. The molecule has 0 fully saturated rings. The van der Waals surface area contributed by atoms with Crippen LogP contribution >= 0.6 is 11.3 Å². The van der Waals surface area contributed by atoms with Crippen LogP contribution in [0.4, 0.5) is 0 Å². The Morgan fingerprint density at radius 2 is 1.27 bits per heavy atom. The minimum absolute atomic E-state index is 0.0404. The lowest BCUT2D eigenvalue weighted by molar-refractivity contribution is -0.144. The highest BCUT2D eigenvalue weighted by Gasteiger charge is 2.23. The number of hydrogen-bond acceptors (Lipinski definition) is 10. The van der Waals surface area contributed by atoms with Crippen LogP contribution in [-0.2, 0) is 19.1 Å². The zero-order chi connectivity index (χ0) is 30.7. The molecule has 4 unspecified atom stereocenters. The summed E-state index contributed by atoms with van der Waals surface area (Å²) in [7, 11) is 2.49. The third-order valence-electron chi connectivity index (χ3n) is 6.45. The van der Waals surface area contributed by atoms with Crippen molar-refractivity contribution in [3.8, 4) is 10.4 Å². The monoisotopic (exact) mass is 589 g/mol. The summed E-state index contributed by atoms with van der Waals surface area (Å²) in [5.74, 6) is -1.02. The maximum absolute atomic E-state index is 11.5. The molecule has 4 atom stereocenters. The van der Waals surface area contributed by atoms with Gasteiger partial charge >= 0.3 is 11.9 Å². The number of aliphatic hydroxyl groups is 4. The lowest BCUT2D eigenvalue weighted by Gasteiger charge is -2.22. The van der Waals surface area contributed by atoms with Crippen LogP contribution in [0.1, 0.15) is 87.7 Å². The lowest BCUT2D eigenvalue weighted by Crippen LogP contribution is -2.20. The van der Waals surface area contributed by atoms with Crippen LogP contribution < -0.4 is 0 Å². The molecule has 0 amide bonds. The van der Waals surface area contributed by atoms with Crippen molar-refractivity contribution >= 4 is 35.4 Å². The summed E-state index contributed by atoms with van der Waals surface area (Å²) in [5, 5.41) is 43.6. The van der Waals surface area contributed by atoms with Crippen molar-refractivity contribution < 1.29 is 39.5 Å². The molecule has 0 bridgehead atoms. The van der Waals surface area contributed by atoms with Crippen molar-refractivity contribution in [2.45, 2.75) is 89.6 Å². The van der Waals surface area contributed by atoms with Gasteiger partial charge in [0.1, 0.15) is 0 Å². The zero-order valence-corrected chi connectivity index (χ0v) is 25.4. The molecule has 0 aliphatic carbocycles. The normalized spacial score (nSPS) is 15.0. The fourth-order valence-electron chi connectivity index (χ4n) is 4.40. The number of methoxy groups -OCH3 is 2. The first-order valence-electron chi connectivity index (χ1n) is 13.7. The maximum Gasteiger partial charge on any atom is 0.308 e. The number of hydrogen-bond donors (Lipinski definition) is 4. The smallest absolute Gasteiger partial charge is 0.308 e. The first-order valence-corrected chi connectivity index (χ1v) is 14.6. The van der Waals surface area contributed by atoms with Crippen molar-refractivity contribution in [3.63, 3.8) is 0 Å². The largest absolute Gasteiger partial charge is 0.469 e. The van der Waals surface area contributed by atoms with Crippen molar-refractivity contribution in [2.24, 2.45) is 0 Å². The van der Waals surface area contributed by atoms with E-state index in [-0.39, 0.29) is 37.5 Å². The van der Waals surface area contributed by atoms with Gasteiger partial charge in [0.15, 0.2) is 0 Å². The van der Waals surface area contributed by atoms with Gasteiger partial charge in [-0.1, -0.05) is 58.1 Å². The number of carbonyl (C=O) groups excluding carboxylic acids is 2. The van der Waals surface area contributed by atoms with Crippen molar-refractivity contribution in [1.29, 1.82) is 0 Å². The molecule has 2 heterocycles. The quantitative estimate of drug-likeness (QED) is 0.222. The molecule has 41 heavy (non-hydrogen) atoms. The minimum atomic E-state index is -1.06. The van der Waals surface area contributed by atoms with Crippen LogP contribution in [0.25, 0.3) is 22.6 Å². The third kappa shape index (κ3) is 10.5. The van der Waals surface area contributed by atoms with Gasteiger partial charge in [0.2, 0.25) is 0 Å². The number of carbonyl (C=O) groups is 2. The second kappa shape index (κ2) is 16.5. The number of aliphatic hydroxyl groups excluding tert-OH is 4. The second-order valence-electron chi connectivity index (χ2n) is 10.6. The predicted octanol–water partition coefficient (Wildman–Crippen LogP) is 4.43. The molecule has 226 valence electrons. The van der Waals surface area contributed by atoms with Gasteiger partial charge in [-0.2, -0.15) is 0 Å². The Balaban J connectivity index is 2.58. The van der Waals surface area contributed by atoms with Crippen LogP contribution in [0.2, 0.25) is 0 Å². The zero-order valence-electron chi connectivity index (χ0n) is 24.6. The Bertz CT molecular complexity index is 1120. The van der Waals surface area contributed by atoms with E-state index in [0.717, 1.165) is 33.0 Å². The summed E-state index contributed by atoms with van der Waals surface area (Å²) in [6.45, 7) is 8.17. The van der Waals surface area contributed by atoms with Gasteiger partial charge in [-0.05, 0) is 23.3 Å². The van der Waals surface area contributed by atoms with Gasteiger partial charge in [-0.3, -0.25) is 14.6 Å². The summed E-state index contributed by atoms with van der Waals surface area (Å²) in [5.41, 5.74) is 4.16. The third-order valence-corrected chi connectivity index (χ3v) is 7.34. The van der Waals surface area contributed by atoms with Crippen molar-refractivity contribution in [2.75, 3.05) is 14.2 Å². The highest BCUT2D eigenvalue weighted by atomic mass is 32.1. The predicted molar refractivity (Wildman–Crippen MR) is 160 cm³/mol. The Hall–Kier alpha value is -2.89. The highest BCUT2D eigenvalue weighted by molar-refractivity contribution is 7.13. The molecule has 0 aliphatic heterocycles. The molecule has 10 heteroatoms. The fourth-order valence-corrected chi connectivity index (χ4v) is 5.20. The molecule has 2 rings (SSSR count). The minimum Gasteiger partial charge on any atom is -0.469 e. The topological polar surface area (TPSA) is 146 Å². The number of thiophene rings is 1. The molecule has 0 aliphatic rings. The highest BCUT2D eigenvalue weighted by Crippen LogP contribution is 2.40. The molecular formula is C31H43NO8S. The van der Waals surface area contributed by atoms with Gasteiger partial charge in [0.05, 0.1) is 62.9 Å². The molecule has 0 saturated carbocycles. The Labute approximate surface area is 246 Å². The number of esters is 2. The van der Waals surface area contributed by atoms with Crippen LogP contribution in [-0.4, -0.2) is 76.0 Å². The van der Waals surface area contributed by atoms with E-state index >= 15 is 0 Å². The maximum atomic E-state index is 11.5. The van der Waals surface area contributed by atoms with E-state index in [1.165, 1.54) is 14.2 Å². The summed E-state index contributed by atoms with van der Waals surface area (Å²) in [6, 6.07) is 3.94. The first-order chi connectivity index (χ1) is 19.4. The number of nitrogens with zero attached hydrogens (tertiary/aromatic N) is 1. The molecule has 2 aromatic heterocycles. The number of ether oxygens (including phenoxy) is 2. The van der Waals surface area contributed by atoms with Crippen LogP contribution in [0.15, 0.2) is 29.7 Å². The van der Waals surface area contributed by atoms with Gasteiger partial charge < -0.3 is 29.9 Å². The van der Waals surface area contributed by atoms with Crippen LogP contribution in [0.3, 0.4) is 0 Å². The summed E-state index contributed by atoms with van der Waals surface area (Å²) < 4.78 is 9.19. The van der Waals surface area contributed by atoms with Gasteiger partial charge in [-0.25, -0.2) is 0 Å². The fraction of sp³-hybridized carbons (Fsp3) is 0.516. The van der Waals surface area contributed by atoms with Crippen LogP contribution in [0, 0.1) is 0 Å². The molecule has 0 saturated heterocycles. The van der Waals surface area contributed by atoms with E-state index in [0.29, 0.717) is 0 Å². The number of pyridine rings is 1. The average molecular weight is 590 g/mol. The molecule has 2 aromatic rings. The van der Waals surface area contributed by atoms with E-state index in [1.807, 2.05) is 45.2 Å². The van der Waals surface area contributed by atoms with E-state index in [9.17, 15) is 30.0 Å². The summed E-state index contributed by atoms with van der Waals surface area (Å²) >= 11 is 1.55. The Morgan fingerprint density at radius 3 is 1.61 bits per heavy atom. The lowest BCUT2D eigenvalue weighted by atomic mass is 9.89.